The van der Waals surface area contributed by atoms with Gasteiger partial charge in [0.05, 0.1) is 28.4 Å². The summed E-state index contributed by atoms with van der Waals surface area (Å²) in [6.45, 7) is 0.339. The molecule has 1 amide bonds. The Kier molecular flexibility index (Phi) is 7.21. The Labute approximate surface area is 188 Å². The fraction of sp³-hybridized carbons (Fsp3) is 0.0909. The van der Waals surface area contributed by atoms with Gasteiger partial charge >= 0.3 is 5.97 Å². The van der Waals surface area contributed by atoms with Gasteiger partial charge in [0.25, 0.3) is 5.91 Å². The van der Waals surface area contributed by atoms with E-state index in [9.17, 15) is 14.7 Å². The topological polar surface area (TPSA) is 75.6 Å². The van der Waals surface area contributed by atoms with Crippen molar-refractivity contribution < 1.29 is 19.4 Å². The van der Waals surface area contributed by atoms with Crippen molar-refractivity contribution in [3.63, 3.8) is 0 Å². The number of anilines is 1. The molecule has 5 nitrogen and oxygen atoms in total. The lowest BCUT2D eigenvalue weighted by atomic mass is 10.1. The average Bonchev–Trinajstić information content (AvgIpc) is 2.68. The van der Waals surface area contributed by atoms with Gasteiger partial charge in [-0.3, -0.25) is 4.79 Å². The zero-order valence-electron chi connectivity index (χ0n) is 15.5. The highest BCUT2D eigenvalue weighted by molar-refractivity contribution is 6.37. The predicted molar refractivity (Wildman–Crippen MR) is 118 cm³/mol. The van der Waals surface area contributed by atoms with Crippen molar-refractivity contribution in [1.82, 2.24) is 0 Å². The molecule has 0 atom stereocenters. The van der Waals surface area contributed by atoms with E-state index < -0.39 is 11.9 Å². The molecule has 8 heteroatoms. The number of carbonyl (C=O) groups is 2. The minimum atomic E-state index is -1.20. The van der Waals surface area contributed by atoms with Gasteiger partial charge in [0.1, 0.15) is 5.75 Å². The van der Waals surface area contributed by atoms with Crippen LogP contribution in [0, 0.1) is 0 Å². The number of carboxylic acid groups (broad SMARTS) is 1. The molecule has 0 aromatic heterocycles. The molecular formula is C22H16Cl3NO4. The van der Waals surface area contributed by atoms with Crippen LogP contribution >= 0.6 is 34.8 Å². The van der Waals surface area contributed by atoms with E-state index in [0.717, 1.165) is 5.56 Å². The number of rotatable bonds is 7. The van der Waals surface area contributed by atoms with E-state index in [4.69, 9.17) is 39.5 Å². The highest BCUT2D eigenvalue weighted by atomic mass is 35.5. The summed E-state index contributed by atoms with van der Waals surface area (Å²) in [6.07, 6.45) is 0.608. The van der Waals surface area contributed by atoms with Gasteiger partial charge in [0.15, 0.2) is 0 Å². The molecule has 0 spiro atoms. The molecule has 3 rings (SSSR count). The third-order valence-corrected chi connectivity index (χ3v) is 4.98. The van der Waals surface area contributed by atoms with Crippen molar-refractivity contribution in [1.29, 1.82) is 0 Å². The number of ether oxygens (including phenoxy) is 1. The lowest BCUT2D eigenvalue weighted by Crippen LogP contribution is -2.15. The molecule has 0 fully saturated rings. The highest BCUT2D eigenvalue weighted by Crippen LogP contribution is 2.26. The second kappa shape index (κ2) is 9.85. The smallest absolute Gasteiger partial charge is 0.337 e. The molecule has 154 valence electrons. The fourth-order valence-corrected chi connectivity index (χ4v) is 3.45. The summed E-state index contributed by atoms with van der Waals surface area (Å²) < 4.78 is 5.66. The molecule has 3 aromatic rings. The minimum Gasteiger partial charge on any atom is -0.493 e. The molecule has 30 heavy (non-hydrogen) atoms. The van der Waals surface area contributed by atoms with Crippen LogP contribution in [-0.2, 0) is 6.42 Å². The zero-order valence-corrected chi connectivity index (χ0v) is 17.8. The Morgan fingerprint density at radius 2 is 1.67 bits per heavy atom. The van der Waals surface area contributed by atoms with Crippen molar-refractivity contribution >= 4 is 52.4 Å². The molecular weight excluding hydrogens is 449 g/mol. The van der Waals surface area contributed by atoms with Crippen LogP contribution in [0.1, 0.15) is 26.3 Å². The Hall–Kier alpha value is -2.73. The first kappa shape index (κ1) is 22.0. The minimum absolute atomic E-state index is 0.103. The molecule has 2 N–H and O–H groups in total. The molecule has 0 aliphatic carbocycles. The number of carboxylic acids is 1. The number of nitrogens with one attached hydrogen (secondary N) is 1. The van der Waals surface area contributed by atoms with Crippen LogP contribution in [0.25, 0.3) is 0 Å². The van der Waals surface area contributed by atoms with Gasteiger partial charge in [-0.25, -0.2) is 4.79 Å². The first-order chi connectivity index (χ1) is 14.3. The molecule has 3 aromatic carbocycles. The van der Waals surface area contributed by atoms with Gasteiger partial charge in [0, 0.05) is 16.5 Å². The van der Waals surface area contributed by atoms with Gasteiger partial charge in [-0.05, 0) is 54.1 Å². The van der Waals surface area contributed by atoms with E-state index in [0.29, 0.717) is 28.8 Å². The van der Waals surface area contributed by atoms with Gasteiger partial charge < -0.3 is 15.2 Å². The quantitative estimate of drug-likeness (QED) is 0.435. The first-order valence-corrected chi connectivity index (χ1v) is 9.98. The molecule has 0 aliphatic rings. The van der Waals surface area contributed by atoms with Crippen LogP contribution in [0.15, 0.2) is 60.7 Å². The number of benzene rings is 3. The third kappa shape index (κ3) is 5.66. The molecule has 0 saturated carbocycles. The lowest BCUT2D eigenvalue weighted by Gasteiger charge is -2.12. The predicted octanol–water partition coefficient (Wildman–Crippen LogP) is 6.22. The standard InChI is InChI=1S/C22H16Cl3NO4/c23-14-3-1-2-13(10-14)8-9-30-16-5-7-20(18(12-16)22(28)29)26-21(27)17-6-4-15(24)11-19(17)25/h1-7,10-12H,8-9H2,(H,26,27)(H,28,29). The van der Waals surface area contributed by atoms with Gasteiger partial charge in [0.2, 0.25) is 0 Å². The summed E-state index contributed by atoms with van der Waals surface area (Å²) in [7, 11) is 0. The summed E-state index contributed by atoms with van der Waals surface area (Å²) in [5, 5.41) is 13.3. The third-order valence-electron chi connectivity index (χ3n) is 4.19. The van der Waals surface area contributed by atoms with Crippen LogP contribution in [-0.4, -0.2) is 23.6 Å². The summed E-state index contributed by atoms with van der Waals surface area (Å²) in [5.41, 5.74) is 1.21. The highest BCUT2D eigenvalue weighted by Gasteiger charge is 2.17. The summed E-state index contributed by atoms with van der Waals surface area (Å²) in [4.78, 5) is 24.2. The van der Waals surface area contributed by atoms with E-state index in [-0.39, 0.29) is 21.8 Å². The van der Waals surface area contributed by atoms with E-state index in [1.165, 1.54) is 30.3 Å². The summed E-state index contributed by atoms with van der Waals surface area (Å²) >= 11 is 17.8. The Morgan fingerprint density at radius 3 is 2.37 bits per heavy atom. The van der Waals surface area contributed by atoms with Crippen molar-refractivity contribution in [3.05, 3.63) is 92.4 Å². The summed E-state index contributed by atoms with van der Waals surface area (Å²) in [5.74, 6) is -1.38. The van der Waals surface area contributed by atoms with E-state index in [2.05, 4.69) is 5.32 Å². The fourth-order valence-electron chi connectivity index (χ4n) is 2.74. The van der Waals surface area contributed by atoms with Gasteiger partial charge in [-0.2, -0.15) is 0 Å². The largest absolute Gasteiger partial charge is 0.493 e. The number of hydrogen-bond donors (Lipinski definition) is 2. The first-order valence-electron chi connectivity index (χ1n) is 8.84. The molecule has 0 heterocycles. The SMILES string of the molecule is O=C(Nc1ccc(OCCc2cccc(Cl)c2)cc1C(=O)O)c1ccc(Cl)cc1Cl. The van der Waals surface area contributed by atoms with Crippen molar-refractivity contribution in [3.8, 4) is 5.75 Å². The zero-order chi connectivity index (χ0) is 21.7. The van der Waals surface area contributed by atoms with Crippen LogP contribution < -0.4 is 10.1 Å². The number of amides is 1. The molecule has 0 unspecified atom stereocenters. The Bertz CT molecular complexity index is 1100. The van der Waals surface area contributed by atoms with Crippen molar-refractivity contribution in [2.75, 3.05) is 11.9 Å². The lowest BCUT2D eigenvalue weighted by molar-refractivity contribution is 0.0697. The molecule has 0 radical (unpaired) electrons. The number of halogens is 3. The van der Waals surface area contributed by atoms with Crippen LogP contribution in [0.3, 0.4) is 0 Å². The summed E-state index contributed by atoms with van der Waals surface area (Å²) in [6, 6.07) is 16.3. The molecule has 0 bridgehead atoms. The molecule has 0 aliphatic heterocycles. The van der Waals surface area contributed by atoms with Crippen LogP contribution in [0.4, 0.5) is 5.69 Å². The van der Waals surface area contributed by atoms with Gasteiger partial charge in [-0.15, -0.1) is 0 Å². The van der Waals surface area contributed by atoms with Gasteiger partial charge in [-0.1, -0.05) is 46.9 Å². The van der Waals surface area contributed by atoms with E-state index >= 15 is 0 Å². The Morgan fingerprint density at radius 1 is 0.900 bits per heavy atom. The monoisotopic (exact) mass is 463 g/mol. The normalized spacial score (nSPS) is 10.5. The average molecular weight is 465 g/mol. The van der Waals surface area contributed by atoms with E-state index in [1.807, 2.05) is 18.2 Å². The van der Waals surface area contributed by atoms with Crippen LogP contribution in [0.2, 0.25) is 15.1 Å². The molecule has 0 saturated heterocycles. The number of carbonyl (C=O) groups excluding carboxylic acids is 1. The maximum Gasteiger partial charge on any atom is 0.337 e. The maximum atomic E-state index is 12.5. The number of aromatic carboxylic acids is 1. The number of hydrogen-bond acceptors (Lipinski definition) is 3. The second-order valence-corrected chi connectivity index (χ2v) is 7.60. The van der Waals surface area contributed by atoms with E-state index in [1.54, 1.807) is 12.1 Å². The Balaban J connectivity index is 1.71. The van der Waals surface area contributed by atoms with Crippen molar-refractivity contribution in [2.45, 2.75) is 6.42 Å². The van der Waals surface area contributed by atoms with Crippen molar-refractivity contribution in [2.24, 2.45) is 0 Å². The van der Waals surface area contributed by atoms with Crippen LogP contribution in [0.5, 0.6) is 5.75 Å². The second-order valence-electron chi connectivity index (χ2n) is 6.32. The maximum absolute atomic E-state index is 12.5.